The molecule has 3 rings (SSSR count). The number of aliphatic hydroxyl groups excluding tert-OH is 2. The van der Waals surface area contributed by atoms with Crippen LogP contribution in [-0.2, 0) is 22.6 Å². The SMILES string of the molecule is O=Cc1ccc2n1C[C@@]1(C[C@H](O)[C@H](CO)O1)OC2. The standard InChI is InChI=1S/C12H15NO5/c14-4-8-1-2-9-6-17-12(7-13(8)9)3-10(16)11(5-15)18-12/h1-2,4,10-11,15-16H,3,5-7H2/t10-,11-,12-/m0/s1. The van der Waals surface area contributed by atoms with Crippen LogP contribution in [0.2, 0.25) is 0 Å². The third kappa shape index (κ3) is 1.69. The summed E-state index contributed by atoms with van der Waals surface area (Å²) in [4.78, 5) is 10.9. The van der Waals surface area contributed by atoms with Crippen LogP contribution in [0.4, 0.5) is 0 Å². The van der Waals surface area contributed by atoms with Crippen LogP contribution in [0.1, 0.15) is 22.6 Å². The molecule has 1 spiro atoms. The number of aldehydes is 1. The smallest absolute Gasteiger partial charge is 0.189 e. The molecule has 98 valence electrons. The molecule has 2 aliphatic heterocycles. The first-order valence-corrected chi connectivity index (χ1v) is 5.92. The largest absolute Gasteiger partial charge is 0.394 e. The predicted molar refractivity (Wildman–Crippen MR) is 59.9 cm³/mol. The summed E-state index contributed by atoms with van der Waals surface area (Å²) in [7, 11) is 0. The number of ether oxygens (including phenoxy) is 2. The number of nitrogens with zero attached hydrogens (tertiary/aromatic N) is 1. The zero-order valence-corrected chi connectivity index (χ0v) is 9.78. The summed E-state index contributed by atoms with van der Waals surface area (Å²) in [6.07, 6.45) is -0.278. The van der Waals surface area contributed by atoms with Crippen LogP contribution in [0.3, 0.4) is 0 Å². The van der Waals surface area contributed by atoms with E-state index in [-0.39, 0.29) is 6.61 Å². The van der Waals surface area contributed by atoms with Crippen molar-refractivity contribution < 1.29 is 24.5 Å². The fourth-order valence-electron chi connectivity index (χ4n) is 2.65. The average molecular weight is 253 g/mol. The summed E-state index contributed by atoms with van der Waals surface area (Å²) in [5.41, 5.74) is 1.48. The van der Waals surface area contributed by atoms with Gasteiger partial charge in [-0.3, -0.25) is 4.79 Å². The zero-order valence-electron chi connectivity index (χ0n) is 9.78. The van der Waals surface area contributed by atoms with E-state index in [4.69, 9.17) is 14.6 Å². The summed E-state index contributed by atoms with van der Waals surface area (Å²) >= 11 is 0. The van der Waals surface area contributed by atoms with E-state index in [1.165, 1.54) is 0 Å². The van der Waals surface area contributed by atoms with Gasteiger partial charge in [0.1, 0.15) is 6.10 Å². The van der Waals surface area contributed by atoms with Gasteiger partial charge in [0.05, 0.1) is 31.6 Å². The van der Waals surface area contributed by atoms with Gasteiger partial charge in [-0.15, -0.1) is 0 Å². The highest BCUT2D eigenvalue weighted by Gasteiger charge is 2.49. The van der Waals surface area contributed by atoms with Crippen LogP contribution in [-0.4, -0.2) is 45.7 Å². The highest BCUT2D eigenvalue weighted by molar-refractivity contribution is 5.72. The Morgan fingerprint density at radius 2 is 2.39 bits per heavy atom. The Labute approximate surface area is 104 Å². The van der Waals surface area contributed by atoms with Crippen LogP contribution in [0.5, 0.6) is 0 Å². The highest BCUT2D eigenvalue weighted by atomic mass is 16.7. The molecule has 0 unspecified atom stereocenters. The third-order valence-electron chi connectivity index (χ3n) is 3.60. The maximum absolute atomic E-state index is 10.9. The lowest BCUT2D eigenvalue weighted by atomic mass is 10.1. The number of carbonyl (C=O) groups excluding carboxylic acids is 1. The number of aromatic nitrogens is 1. The number of fused-ring (bicyclic) bond motifs is 1. The summed E-state index contributed by atoms with van der Waals surface area (Å²) in [6, 6.07) is 3.57. The van der Waals surface area contributed by atoms with Gasteiger partial charge in [-0.25, -0.2) is 0 Å². The first-order chi connectivity index (χ1) is 8.67. The maximum atomic E-state index is 10.9. The number of rotatable bonds is 2. The second kappa shape index (κ2) is 4.17. The van der Waals surface area contributed by atoms with E-state index in [0.717, 1.165) is 12.0 Å². The molecule has 1 fully saturated rings. The number of aliphatic hydroxyl groups is 2. The van der Waals surface area contributed by atoms with Gasteiger partial charge in [-0.1, -0.05) is 0 Å². The molecule has 2 aliphatic rings. The Bertz CT molecular complexity index is 471. The Morgan fingerprint density at radius 1 is 1.56 bits per heavy atom. The van der Waals surface area contributed by atoms with Crippen molar-refractivity contribution >= 4 is 6.29 Å². The second-order valence-electron chi connectivity index (χ2n) is 4.76. The van der Waals surface area contributed by atoms with Crippen LogP contribution < -0.4 is 0 Å². The molecule has 18 heavy (non-hydrogen) atoms. The first-order valence-electron chi connectivity index (χ1n) is 5.92. The molecule has 3 heterocycles. The van der Waals surface area contributed by atoms with Crippen LogP contribution in [0.25, 0.3) is 0 Å². The highest BCUT2D eigenvalue weighted by Crippen LogP contribution is 2.37. The summed E-state index contributed by atoms with van der Waals surface area (Å²) in [5.74, 6) is -0.934. The van der Waals surface area contributed by atoms with Gasteiger partial charge in [0.25, 0.3) is 0 Å². The lowest BCUT2D eigenvalue weighted by Crippen LogP contribution is -2.42. The Hall–Kier alpha value is -1.21. The molecule has 0 radical (unpaired) electrons. The number of carbonyl (C=O) groups is 1. The normalized spacial score (nSPS) is 34.8. The van der Waals surface area contributed by atoms with Crippen molar-refractivity contribution in [2.45, 2.75) is 37.6 Å². The predicted octanol–water partition coefficient (Wildman–Crippen LogP) is -0.331. The van der Waals surface area contributed by atoms with Crippen LogP contribution >= 0.6 is 0 Å². The van der Waals surface area contributed by atoms with E-state index in [9.17, 15) is 9.90 Å². The minimum Gasteiger partial charge on any atom is -0.394 e. The van der Waals surface area contributed by atoms with E-state index >= 15 is 0 Å². The fourth-order valence-corrected chi connectivity index (χ4v) is 2.65. The number of hydrogen-bond donors (Lipinski definition) is 2. The monoisotopic (exact) mass is 253 g/mol. The van der Waals surface area contributed by atoms with Crippen molar-refractivity contribution in [1.29, 1.82) is 0 Å². The van der Waals surface area contributed by atoms with E-state index in [1.54, 1.807) is 6.07 Å². The third-order valence-corrected chi connectivity index (χ3v) is 3.60. The molecule has 0 saturated carbocycles. The fraction of sp³-hybridized carbons (Fsp3) is 0.583. The van der Waals surface area contributed by atoms with Crippen molar-refractivity contribution in [3.8, 4) is 0 Å². The lowest BCUT2D eigenvalue weighted by Gasteiger charge is -2.35. The van der Waals surface area contributed by atoms with Crippen LogP contribution in [0.15, 0.2) is 12.1 Å². The first kappa shape index (κ1) is 11.9. The molecule has 0 aliphatic carbocycles. The van der Waals surface area contributed by atoms with Crippen molar-refractivity contribution in [2.75, 3.05) is 6.61 Å². The molecular weight excluding hydrogens is 238 g/mol. The lowest BCUT2D eigenvalue weighted by molar-refractivity contribution is -0.255. The van der Waals surface area contributed by atoms with Gasteiger partial charge in [0, 0.05) is 12.1 Å². The molecular formula is C12H15NO5. The molecule has 6 heteroatoms. The van der Waals surface area contributed by atoms with Gasteiger partial charge >= 0.3 is 0 Å². The molecule has 0 aromatic carbocycles. The summed E-state index contributed by atoms with van der Waals surface area (Å²) < 4.78 is 13.1. The molecule has 1 aromatic rings. The molecule has 1 saturated heterocycles. The summed E-state index contributed by atoms with van der Waals surface area (Å²) in [5, 5.41) is 18.9. The quantitative estimate of drug-likeness (QED) is 0.705. The van der Waals surface area contributed by atoms with Gasteiger partial charge in [-0.2, -0.15) is 0 Å². The minimum absolute atomic E-state index is 0.245. The van der Waals surface area contributed by atoms with E-state index in [2.05, 4.69) is 0 Å². The van der Waals surface area contributed by atoms with E-state index < -0.39 is 18.0 Å². The number of hydrogen-bond acceptors (Lipinski definition) is 5. The molecule has 0 amide bonds. The molecule has 3 atom stereocenters. The summed E-state index contributed by atoms with van der Waals surface area (Å²) in [6.45, 7) is 0.445. The van der Waals surface area contributed by atoms with Gasteiger partial charge in [-0.05, 0) is 12.1 Å². The second-order valence-corrected chi connectivity index (χ2v) is 4.76. The Kier molecular flexibility index (Phi) is 2.74. The van der Waals surface area contributed by atoms with Crippen molar-refractivity contribution in [3.63, 3.8) is 0 Å². The maximum Gasteiger partial charge on any atom is 0.189 e. The van der Waals surface area contributed by atoms with Gasteiger partial charge < -0.3 is 24.3 Å². The van der Waals surface area contributed by atoms with Gasteiger partial charge in [0.2, 0.25) is 0 Å². The molecule has 6 nitrogen and oxygen atoms in total. The van der Waals surface area contributed by atoms with E-state index in [0.29, 0.717) is 25.3 Å². The molecule has 0 bridgehead atoms. The topological polar surface area (TPSA) is 80.9 Å². The molecule has 2 N–H and O–H groups in total. The van der Waals surface area contributed by atoms with Crippen LogP contribution in [0, 0.1) is 0 Å². The zero-order chi connectivity index (χ0) is 12.8. The average Bonchev–Trinajstić information content (AvgIpc) is 2.90. The van der Waals surface area contributed by atoms with Crippen molar-refractivity contribution in [1.82, 2.24) is 4.57 Å². The van der Waals surface area contributed by atoms with Gasteiger partial charge in [0.15, 0.2) is 12.1 Å². The Balaban J connectivity index is 1.88. The van der Waals surface area contributed by atoms with Crippen molar-refractivity contribution in [3.05, 3.63) is 23.5 Å². The molecule has 1 aromatic heterocycles. The van der Waals surface area contributed by atoms with Crippen molar-refractivity contribution in [2.24, 2.45) is 0 Å². The Morgan fingerprint density at radius 3 is 3.06 bits per heavy atom. The minimum atomic E-state index is -0.934. The van der Waals surface area contributed by atoms with E-state index in [1.807, 2.05) is 10.6 Å².